The molecule has 0 N–H and O–H groups in total. The van der Waals surface area contributed by atoms with Crippen molar-refractivity contribution < 1.29 is 23.8 Å². The average Bonchev–Trinajstić information content (AvgIpc) is 3.00. The lowest BCUT2D eigenvalue weighted by Gasteiger charge is -2.12. The minimum atomic E-state index is -0.524. The van der Waals surface area contributed by atoms with Gasteiger partial charge < -0.3 is 14.2 Å². The largest absolute Gasteiger partial charge is 0.493 e. The summed E-state index contributed by atoms with van der Waals surface area (Å²) in [4.78, 5) is 25.7. The molecule has 6 nitrogen and oxygen atoms in total. The van der Waals surface area contributed by atoms with E-state index in [1.54, 1.807) is 25.3 Å². The molecule has 0 radical (unpaired) electrons. The fourth-order valence-corrected chi connectivity index (χ4v) is 3.86. The van der Waals surface area contributed by atoms with E-state index in [0.717, 1.165) is 22.9 Å². The Morgan fingerprint density at radius 1 is 1.14 bits per heavy atom. The number of esters is 1. The van der Waals surface area contributed by atoms with Crippen LogP contribution in [0.5, 0.6) is 11.5 Å². The van der Waals surface area contributed by atoms with Gasteiger partial charge in [-0.15, -0.1) is 0 Å². The number of hydrogen-bond acceptors (Lipinski definition) is 7. The van der Waals surface area contributed by atoms with E-state index in [-0.39, 0.29) is 12.5 Å². The number of amides is 1. The summed E-state index contributed by atoms with van der Waals surface area (Å²) in [6.45, 7) is 0.219. The van der Waals surface area contributed by atoms with Gasteiger partial charge in [-0.1, -0.05) is 60.4 Å². The molecule has 1 saturated heterocycles. The minimum absolute atomic E-state index is 0.200. The van der Waals surface area contributed by atoms with Crippen LogP contribution >= 0.6 is 24.0 Å². The van der Waals surface area contributed by atoms with E-state index in [1.807, 2.05) is 36.4 Å². The van der Waals surface area contributed by atoms with Gasteiger partial charge in [0.15, 0.2) is 11.5 Å². The molecule has 0 spiro atoms. The molecule has 1 aliphatic heterocycles. The van der Waals surface area contributed by atoms with Crippen LogP contribution in [0.25, 0.3) is 6.08 Å². The molecule has 2 aromatic carbocycles. The van der Waals surface area contributed by atoms with E-state index in [1.165, 1.54) is 12.0 Å². The molecule has 0 aliphatic carbocycles. The van der Waals surface area contributed by atoms with Gasteiger partial charge in [-0.25, -0.2) is 0 Å². The molecule has 0 saturated carbocycles. The Labute approximate surface area is 178 Å². The van der Waals surface area contributed by atoms with Crippen LogP contribution in [0.2, 0.25) is 0 Å². The summed E-state index contributed by atoms with van der Waals surface area (Å²) >= 11 is 6.35. The van der Waals surface area contributed by atoms with Crippen molar-refractivity contribution in [3.05, 3.63) is 64.6 Å². The number of rotatable bonds is 7. The zero-order chi connectivity index (χ0) is 20.8. The SMILES string of the molecule is COC(=O)CN1C(=O)/C(=C/c2ccc(OCc3ccccc3)c(OC)c2)SC1=S. The third kappa shape index (κ3) is 5.16. The highest BCUT2D eigenvalue weighted by Gasteiger charge is 2.33. The van der Waals surface area contributed by atoms with Crippen LogP contribution in [0.15, 0.2) is 53.4 Å². The number of nitrogens with zero attached hydrogens (tertiary/aromatic N) is 1. The van der Waals surface area contributed by atoms with E-state index in [0.29, 0.717) is 27.3 Å². The van der Waals surface area contributed by atoms with Crippen LogP contribution in [0.3, 0.4) is 0 Å². The number of ether oxygens (including phenoxy) is 3. The summed E-state index contributed by atoms with van der Waals surface area (Å²) in [5.41, 5.74) is 1.81. The molecule has 150 valence electrons. The molecule has 0 atom stereocenters. The normalized spacial score (nSPS) is 15.0. The first-order chi connectivity index (χ1) is 14.0. The van der Waals surface area contributed by atoms with Gasteiger partial charge in [0, 0.05) is 0 Å². The molecule has 0 unspecified atom stereocenters. The zero-order valence-corrected chi connectivity index (χ0v) is 17.5. The number of methoxy groups -OCH3 is 2. The standard InChI is InChI=1S/C21H19NO5S2/c1-25-17-10-15(8-9-16(17)27-13-14-6-4-3-5-7-14)11-18-20(24)22(21(28)29-18)12-19(23)26-2/h3-11H,12-13H2,1-2H3/b18-11-. The van der Waals surface area contributed by atoms with E-state index in [2.05, 4.69) is 4.74 Å². The summed E-state index contributed by atoms with van der Waals surface area (Å²) < 4.78 is 16.2. The molecule has 8 heteroatoms. The molecule has 1 fully saturated rings. The number of benzene rings is 2. The van der Waals surface area contributed by atoms with Crippen LogP contribution in [0.1, 0.15) is 11.1 Å². The minimum Gasteiger partial charge on any atom is -0.493 e. The Hall–Kier alpha value is -2.84. The molecule has 1 heterocycles. The van der Waals surface area contributed by atoms with Crippen LogP contribution in [0, 0.1) is 0 Å². The van der Waals surface area contributed by atoms with Gasteiger partial charge in [-0.3, -0.25) is 14.5 Å². The average molecular weight is 430 g/mol. The van der Waals surface area contributed by atoms with E-state index in [4.69, 9.17) is 21.7 Å². The number of carbonyl (C=O) groups excluding carboxylic acids is 2. The molecule has 29 heavy (non-hydrogen) atoms. The fraction of sp³-hybridized carbons (Fsp3) is 0.190. The van der Waals surface area contributed by atoms with Gasteiger partial charge in [0.25, 0.3) is 5.91 Å². The van der Waals surface area contributed by atoms with Crippen molar-refractivity contribution in [1.29, 1.82) is 0 Å². The van der Waals surface area contributed by atoms with Crippen LogP contribution in [-0.2, 0) is 20.9 Å². The first-order valence-corrected chi connectivity index (χ1v) is 9.91. The molecule has 0 bridgehead atoms. The Morgan fingerprint density at radius 2 is 1.90 bits per heavy atom. The monoisotopic (exact) mass is 429 g/mol. The molecular weight excluding hydrogens is 410 g/mol. The smallest absolute Gasteiger partial charge is 0.325 e. The maximum absolute atomic E-state index is 12.5. The lowest BCUT2D eigenvalue weighted by atomic mass is 10.1. The second kappa shape index (κ2) is 9.58. The Morgan fingerprint density at radius 3 is 2.59 bits per heavy atom. The summed E-state index contributed by atoms with van der Waals surface area (Å²) in [5.74, 6) is 0.310. The van der Waals surface area contributed by atoms with Crippen molar-refractivity contribution in [2.75, 3.05) is 20.8 Å². The molecular formula is C21H19NO5S2. The second-order valence-electron chi connectivity index (χ2n) is 6.03. The van der Waals surface area contributed by atoms with Gasteiger partial charge in [0.2, 0.25) is 0 Å². The van der Waals surface area contributed by atoms with Gasteiger partial charge >= 0.3 is 5.97 Å². The maximum atomic E-state index is 12.5. The molecule has 3 rings (SSSR count). The zero-order valence-electron chi connectivity index (χ0n) is 15.9. The van der Waals surface area contributed by atoms with Crippen molar-refractivity contribution in [1.82, 2.24) is 4.90 Å². The van der Waals surface area contributed by atoms with Crippen LogP contribution in [0.4, 0.5) is 0 Å². The summed E-state index contributed by atoms with van der Waals surface area (Å²) in [7, 11) is 2.83. The number of hydrogen-bond donors (Lipinski definition) is 0. The van der Waals surface area contributed by atoms with Gasteiger partial charge in [-0.2, -0.15) is 0 Å². The fourth-order valence-electron chi connectivity index (χ4n) is 2.61. The summed E-state index contributed by atoms with van der Waals surface area (Å²) in [5, 5.41) is 0. The highest BCUT2D eigenvalue weighted by Crippen LogP contribution is 2.34. The second-order valence-corrected chi connectivity index (χ2v) is 7.70. The predicted octanol–water partition coefficient (Wildman–Crippen LogP) is 3.65. The van der Waals surface area contributed by atoms with Crippen molar-refractivity contribution >= 4 is 46.3 Å². The van der Waals surface area contributed by atoms with Crippen molar-refractivity contribution in [3.8, 4) is 11.5 Å². The third-order valence-corrected chi connectivity index (χ3v) is 5.49. The molecule has 1 amide bonds. The number of carbonyl (C=O) groups is 2. The van der Waals surface area contributed by atoms with E-state index < -0.39 is 5.97 Å². The highest BCUT2D eigenvalue weighted by atomic mass is 32.2. The summed E-state index contributed by atoms with van der Waals surface area (Å²) in [6, 6.07) is 15.2. The van der Waals surface area contributed by atoms with Crippen molar-refractivity contribution in [2.45, 2.75) is 6.61 Å². The van der Waals surface area contributed by atoms with Crippen molar-refractivity contribution in [3.63, 3.8) is 0 Å². The van der Waals surface area contributed by atoms with Gasteiger partial charge in [-0.05, 0) is 29.3 Å². The molecule has 0 aromatic heterocycles. The summed E-state index contributed by atoms with van der Waals surface area (Å²) in [6.07, 6.45) is 1.71. The topological polar surface area (TPSA) is 65.1 Å². The number of thioether (sulfide) groups is 1. The molecule has 2 aromatic rings. The van der Waals surface area contributed by atoms with Crippen LogP contribution in [-0.4, -0.2) is 41.9 Å². The lowest BCUT2D eigenvalue weighted by molar-refractivity contribution is -0.143. The van der Waals surface area contributed by atoms with Crippen molar-refractivity contribution in [2.24, 2.45) is 0 Å². The van der Waals surface area contributed by atoms with Crippen LogP contribution < -0.4 is 9.47 Å². The third-order valence-electron chi connectivity index (χ3n) is 4.11. The first kappa shape index (κ1) is 20.9. The lowest BCUT2D eigenvalue weighted by Crippen LogP contribution is -2.33. The Kier molecular flexibility index (Phi) is 6.90. The maximum Gasteiger partial charge on any atom is 0.325 e. The Balaban J connectivity index is 1.75. The van der Waals surface area contributed by atoms with E-state index in [9.17, 15) is 9.59 Å². The first-order valence-electron chi connectivity index (χ1n) is 8.68. The number of thiocarbonyl (C=S) groups is 1. The van der Waals surface area contributed by atoms with Gasteiger partial charge in [0.05, 0.1) is 19.1 Å². The quantitative estimate of drug-likeness (QED) is 0.378. The Bertz CT molecular complexity index is 959. The highest BCUT2D eigenvalue weighted by molar-refractivity contribution is 8.26. The molecule has 1 aliphatic rings. The predicted molar refractivity (Wildman–Crippen MR) is 116 cm³/mol. The van der Waals surface area contributed by atoms with E-state index >= 15 is 0 Å². The van der Waals surface area contributed by atoms with Gasteiger partial charge in [0.1, 0.15) is 17.5 Å².